The first kappa shape index (κ1) is 22.2. The summed E-state index contributed by atoms with van der Waals surface area (Å²) in [6, 6.07) is 10.2. The fourth-order valence-electron chi connectivity index (χ4n) is 2.42. The number of hydrogen-bond donors (Lipinski definition) is 2. The van der Waals surface area contributed by atoms with Crippen molar-refractivity contribution in [2.45, 2.75) is 4.90 Å². The van der Waals surface area contributed by atoms with E-state index in [0.29, 0.717) is 5.69 Å². The second-order valence-corrected chi connectivity index (χ2v) is 8.65. The Morgan fingerprint density at radius 3 is 2.31 bits per heavy atom. The number of carbonyl (C=O) groups is 2. The number of nitrogens with zero attached hydrogens (tertiary/aromatic N) is 2. The number of nitrogens with one attached hydrogen (secondary N) is 1. The number of phenolic OH excluding ortho intramolecular Hbond substituents is 1. The molecule has 9 nitrogen and oxygen atoms in total. The van der Waals surface area contributed by atoms with E-state index in [-0.39, 0.29) is 21.9 Å². The smallest absolute Gasteiger partial charge is 0.342 e. The predicted molar refractivity (Wildman–Crippen MR) is 109 cm³/mol. The third kappa shape index (κ3) is 5.24. The van der Waals surface area contributed by atoms with Crippen molar-refractivity contribution >= 4 is 33.3 Å². The average molecular weight is 421 g/mol. The zero-order valence-corrected chi connectivity index (χ0v) is 17.4. The lowest BCUT2D eigenvalue weighted by Crippen LogP contribution is -2.24. The minimum Gasteiger partial charge on any atom is -0.507 e. The molecule has 0 unspecified atom stereocenters. The third-order valence-electron chi connectivity index (χ3n) is 3.96. The largest absolute Gasteiger partial charge is 0.507 e. The first-order chi connectivity index (χ1) is 13.5. The summed E-state index contributed by atoms with van der Waals surface area (Å²) in [5, 5.41) is 12.2. The van der Waals surface area contributed by atoms with Gasteiger partial charge in [0.2, 0.25) is 10.0 Å². The van der Waals surface area contributed by atoms with E-state index in [1.807, 2.05) is 0 Å². The number of ether oxygens (including phenoxy) is 1. The number of sulfonamides is 1. The van der Waals surface area contributed by atoms with Crippen LogP contribution >= 0.6 is 0 Å². The topological polar surface area (TPSA) is 116 Å². The Balaban J connectivity index is 2.18. The van der Waals surface area contributed by atoms with Crippen LogP contribution in [-0.2, 0) is 19.6 Å². The Morgan fingerprint density at radius 2 is 1.72 bits per heavy atom. The highest BCUT2D eigenvalue weighted by Gasteiger charge is 2.20. The van der Waals surface area contributed by atoms with Crippen LogP contribution in [0.25, 0.3) is 0 Å². The summed E-state index contributed by atoms with van der Waals surface area (Å²) in [7, 11) is 2.60. The van der Waals surface area contributed by atoms with E-state index in [1.54, 1.807) is 37.2 Å². The maximum Gasteiger partial charge on any atom is 0.342 e. The molecular weight excluding hydrogens is 398 g/mol. The van der Waals surface area contributed by atoms with Crippen molar-refractivity contribution in [2.24, 2.45) is 0 Å². The number of hydrogen-bond acceptors (Lipinski definition) is 7. The summed E-state index contributed by atoms with van der Waals surface area (Å²) < 4.78 is 30.7. The molecule has 0 heterocycles. The van der Waals surface area contributed by atoms with Gasteiger partial charge < -0.3 is 20.1 Å². The minimum atomic E-state index is -3.69. The zero-order valence-electron chi connectivity index (χ0n) is 16.5. The molecule has 2 N–H and O–H groups in total. The van der Waals surface area contributed by atoms with Gasteiger partial charge in [0.05, 0.1) is 16.3 Å². The number of para-hydroxylation sites is 1. The number of amides is 1. The maximum absolute atomic E-state index is 12.4. The summed E-state index contributed by atoms with van der Waals surface area (Å²) in [4.78, 5) is 26.0. The Kier molecular flexibility index (Phi) is 6.83. The van der Waals surface area contributed by atoms with Crippen molar-refractivity contribution < 1.29 is 27.9 Å². The van der Waals surface area contributed by atoms with Gasteiger partial charge in [-0.1, -0.05) is 12.1 Å². The fraction of sp³-hybridized carbons (Fsp3) is 0.263. The van der Waals surface area contributed by atoms with Gasteiger partial charge in [-0.25, -0.2) is 17.5 Å². The van der Waals surface area contributed by atoms with E-state index in [1.165, 1.54) is 38.4 Å². The normalized spacial score (nSPS) is 11.2. The van der Waals surface area contributed by atoms with Gasteiger partial charge in [-0.2, -0.15) is 0 Å². The first-order valence-corrected chi connectivity index (χ1v) is 9.97. The van der Waals surface area contributed by atoms with Crippen molar-refractivity contribution in [3.8, 4) is 5.75 Å². The highest BCUT2D eigenvalue weighted by atomic mass is 32.2. The second kappa shape index (κ2) is 8.93. The molecule has 0 saturated carbocycles. The summed E-state index contributed by atoms with van der Waals surface area (Å²) in [5.41, 5.74) is 0.762. The Morgan fingerprint density at radius 1 is 1.07 bits per heavy atom. The van der Waals surface area contributed by atoms with Crippen molar-refractivity contribution in [3.05, 3.63) is 48.0 Å². The zero-order chi connectivity index (χ0) is 21.8. The Hall–Kier alpha value is -3.11. The van der Waals surface area contributed by atoms with Gasteiger partial charge in [0, 0.05) is 28.2 Å². The SMILES string of the molecule is CN(C)c1ccc(S(=O)(=O)N(C)C)cc1NC(=O)COC(=O)c1ccccc1O. The molecule has 156 valence electrons. The van der Waals surface area contributed by atoms with Crippen LogP contribution < -0.4 is 10.2 Å². The molecule has 2 rings (SSSR count). The van der Waals surface area contributed by atoms with Crippen LogP contribution in [0.5, 0.6) is 5.75 Å². The van der Waals surface area contributed by atoms with Crippen LogP contribution in [0, 0.1) is 0 Å². The predicted octanol–water partition coefficient (Wildman–Crippen LogP) is 1.50. The molecule has 0 aliphatic heterocycles. The molecule has 0 spiro atoms. The van der Waals surface area contributed by atoms with E-state index >= 15 is 0 Å². The molecule has 29 heavy (non-hydrogen) atoms. The Bertz CT molecular complexity index is 1020. The molecule has 0 aliphatic carbocycles. The van der Waals surface area contributed by atoms with Gasteiger partial charge in [0.1, 0.15) is 11.3 Å². The van der Waals surface area contributed by atoms with Gasteiger partial charge in [-0.15, -0.1) is 0 Å². The number of rotatable bonds is 7. The number of phenols is 1. The molecular formula is C19H23N3O6S. The number of benzene rings is 2. The van der Waals surface area contributed by atoms with E-state index < -0.39 is 28.5 Å². The minimum absolute atomic E-state index is 0.00889. The van der Waals surface area contributed by atoms with Crippen LogP contribution in [0.1, 0.15) is 10.4 Å². The molecule has 2 aromatic rings. The van der Waals surface area contributed by atoms with Crippen molar-refractivity contribution in [1.82, 2.24) is 4.31 Å². The van der Waals surface area contributed by atoms with Gasteiger partial charge in [-0.3, -0.25) is 4.79 Å². The lowest BCUT2D eigenvalue weighted by Gasteiger charge is -2.20. The number of aromatic hydroxyl groups is 1. The third-order valence-corrected chi connectivity index (χ3v) is 5.77. The van der Waals surface area contributed by atoms with Crippen LogP contribution in [0.3, 0.4) is 0 Å². The quantitative estimate of drug-likeness (QED) is 0.651. The van der Waals surface area contributed by atoms with Crippen LogP contribution in [0.2, 0.25) is 0 Å². The maximum atomic E-state index is 12.4. The number of esters is 1. The van der Waals surface area contributed by atoms with E-state index in [4.69, 9.17) is 4.74 Å². The molecule has 0 radical (unpaired) electrons. The highest BCUT2D eigenvalue weighted by molar-refractivity contribution is 7.89. The number of anilines is 2. The average Bonchev–Trinajstić information content (AvgIpc) is 2.66. The molecule has 0 atom stereocenters. The molecule has 1 amide bonds. The highest BCUT2D eigenvalue weighted by Crippen LogP contribution is 2.28. The molecule has 0 aliphatic rings. The van der Waals surface area contributed by atoms with Gasteiger partial charge in [0.15, 0.2) is 6.61 Å². The van der Waals surface area contributed by atoms with Gasteiger partial charge >= 0.3 is 5.97 Å². The van der Waals surface area contributed by atoms with Crippen LogP contribution in [-0.4, -0.2) is 64.5 Å². The van der Waals surface area contributed by atoms with Crippen LogP contribution in [0.15, 0.2) is 47.4 Å². The summed E-state index contributed by atoms with van der Waals surface area (Å²) >= 11 is 0. The van der Waals surface area contributed by atoms with E-state index in [9.17, 15) is 23.1 Å². The van der Waals surface area contributed by atoms with Crippen molar-refractivity contribution in [1.29, 1.82) is 0 Å². The number of carbonyl (C=O) groups excluding carboxylic acids is 2. The van der Waals surface area contributed by atoms with Gasteiger partial charge in [-0.05, 0) is 30.3 Å². The first-order valence-electron chi connectivity index (χ1n) is 8.53. The van der Waals surface area contributed by atoms with Crippen molar-refractivity contribution in [2.75, 3.05) is 45.0 Å². The molecule has 0 saturated heterocycles. The van der Waals surface area contributed by atoms with E-state index in [2.05, 4.69) is 5.32 Å². The monoisotopic (exact) mass is 421 g/mol. The summed E-state index contributed by atoms with van der Waals surface area (Å²) in [5.74, 6) is -1.76. The standard InChI is InChI=1S/C19H23N3O6S/c1-21(2)16-10-9-13(29(26,27)22(3)4)11-15(16)20-18(24)12-28-19(25)14-7-5-6-8-17(14)23/h5-11,23H,12H2,1-4H3,(H,20,24). The van der Waals surface area contributed by atoms with E-state index in [0.717, 1.165) is 4.31 Å². The lowest BCUT2D eigenvalue weighted by atomic mass is 10.2. The molecule has 0 bridgehead atoms. The fourth-order valence-corrected chi connectivity index (χ4v) is 3.35. The molecule has 2 aromatic carbocycles. The summed E-state index contributed by atoms with van der Waals surface area (Å²) in [6.45, 7) is -0.606. The summed E-state index contributed by atoms with van der Waals surface area (Å²) in [6.07, 6.45) is 0. The molecule has 0 aromatic heterocycles. The van der Waals surface area contributed by atoms with Crippen molar-refractivity contribution in [3.63, 3.8) is 0 Å². The molecule has 10 heteroatoms. The lowest BCUT2D eigenvalue weighted by molar-refractivity contribution is -0.119. The van der Waals surface area contributed by atoms with Crippen LogP contribution in [0.4, 0.5) is 11.4 Å². The molecule has 0 fully saturated rings. The second-order valence-electron chi connectivity index (χ2n) is 6.50. The Labute approximate surface area is 169 Å². The van der Waals surface area contributed by atoms with Gasteiger partial charge in [0.25, 0.3) is 5.91 Å².